The maximum atomic E-state index is 12.7. The van der Waals surface area contributed by atoms with Gasteiger partial charge in [0.25, 0.3) is 5.91 Å². The number of amides is 1. The summed E-state index contributed by atoms with van der Waals surface area (Å²) in [5, 5.41) is 13.3. The summed E-state index contributed by atoms with van der Waals surface area (Å²) in [5.74, 6) is -0.106. The number of carbonyl (C=O) groups is 1. The molecule has 0 spiro atoms. The van der Waals surface area contributed by atoms with Gasteiger partial charge in [0.05, 0.1) is 23.3 Å². The van der Waals surface area contributed by atoms with Gasteiger partial charge in [0.2, 0.25) is 0 Å². The highest BCUT2D eigenvalue weighted by Gasteiger charge is 2.16. The smallest absolute Gasteiger partial charge is 0.253 e. The number of rotatable bonds is 3. The second-order valence-electron chi connectivity index (χ2n) is 5.90. The summed E-state index contributed by atoms with van der Waals surface area (Å²) in [7, 11) is 0. The molecule has 0 fully saturated rings. The molecular formula is C20H17N3O. The molecule has 0 aliphatic rings. The van der Waals surface area contributed by atoms with Crippen LogP contribution in [0, 0.1) is 0 Å². The van der Waals surface area contributed by atoms with Gasteiger partial charge < -0.3 is 5.32 Å². The molecule has 1 heterocycles. The maximum absolute atomic E-state index is 12.7. The summed E-state index contributed by atoms with van der Waals surface area (Å²) in [4.78, 5) is 12.7. The second kappa shape index (κ2) is 5.81. The Morgan fingerprint density at radius 1 is 1.00 bits per heavy atom. The number of hydrogen-bond acceptors (Lipinski definition) is 2. The zero-order valence-corrected chi connectivity index (χ0v) is 13.3. The zero-order valence-electron chi connectivity index (χ0n) is 13.3. The van der Waals surface area contributed by atoms with Crippen molar-refractivity contribution in [2.45, 2.75) is 13.0 Å². The summed E-state index contributed by atoms with van der Waals surface area (Å²) < 4.78 is 0. The summed E-state index contributed by atoms with van der Waals surface area (Å²) in [5.41, 5.74) is 2.48. The first-order valence-electron chi connectivity index (χ1n) is 7.94. The molecule has 3 aromatic carbocycles. The summed E-state index contributed by atoms with van der Waals surface area (Å²) in [6.07, 6.45) is 1.72. The van der Waals surface area contributed by atoms with Crippen molar-refractivity contribution < 1.29 is 4.79 Å². The van der Waals surface area contributed by atoms with Gasteiger partial charge >= 0.3 is 0 Å². The molecule has 0 bridgehead atoms. The molecule has 1 unspecified atom stereocenters. The van der Waals surface area contributed by atoms with E-state index < -0.39 is 0 Å². The van der Waals surface area contributed by atoms with Crippen LogP contribution in [0.2, 0.25) is 0 Å². The van der Waals surface area contributed by atoms with Crippen molar-refractivity contribution in [2.24, 2.45) is 0 Å². The molecule has 24 heavy (non-hydrogen) atoms. The van der Waals surface area contributed by atoms with E-state index >= 15 is 0 Å². The molecule has 0 aliphatic heterocycles. The van der Waals surface area contributed by atoms with Gasteiger partial charge in [-0.15, -0.1) is 0 Å². The molecule has 0 aliphatic carbocycles. The summed E-state index contributed by atoms with van der Waals surface area (Å²) in [6.45, 7) is 2.01. The van der Waals surface area contributed by atoms with Crippen molar-refractivity contribution in [3.8, 4) is 0 Å². The van der Waals surface area contributed by atoms with Gasteiger partial charge in [-0.05, 0) is 29.3 Å². The Morgan fingerprint density at radius 3 is 2.67 bits per heavy atom. The fourth-order valence-corrected chi connectivity index (χ4v) is 3.14. The van der Waals surface area contributed by atoms with E-state index in [4.69, 9.17) is 0 Å². The number of fused-ring (bicyclic) bond motifs is 2. The van der Waals surface area contributed by atoms with Crippen LogP contribution in [-0.2, 0) is 0 Å². The van der Waals surface area contributed by atoms with E-state index in [1.165, 1.54) is 5.39 Å². The van der Waals surface area contributed by atoms with Crippen LogP contribution >= 0.6 is 0 Å². The second-order valence-corrected chi connectivity index (χ2v) is 5.90. The number of para-hydroxylation sites is 1. The lowest BCUT2D eigenvalue weighted by Crippen LogP contribution is -2.27. The van der Waals surface area contributed by atoms with Crippen LogP contribution in [-0.4, -0.2) is 16.1 Å². The predicted octanol–water partition coefficient (Wildman–Crippen LogP) is 4.21. The van der Waals surface area contributed by atoms with E-state index in [1.54, 1.807) is 6.20 Å². The van der Waals surface area contributed by atoms with Crippen molar-refractivity contribution >= 4 is 27.6 Å². The molecule has 4 heteroatoms. The largest absolute Gasteiger partial charge is 0.345 e. The highest BCUT2D eigenvalue weighted by atomic mass is 16.1. The molecule has 4 rings (SSSR count). The normalized spacial score (nSPS) is 12.4. The van der Waals surface area contributed by atoms with E-state index in [0.717, 1.165) is 21.9 Å². The Morgan fingerprint density at radius 2 is 1.75 bits per heavy atom. The molecule has 2 N–H and O–H groups in total. The van der Waals surface area contributed by atoms with Gasteiger partial charge in [-0.1, -0.05) is 54.6 Å². The number of carbonyl (C=O) groups excluding carboxylic acids is 1. The van der Waals surface area contributed by atoms with E-state index in [0.29, 0.717) is 5.56 Å². The lowest BCUT2D eigenvalue weighted by Gasteiger charge is -2.17. The molecule has 4 aromatic rings. The predicted molar refractivity (Wildman–Crippen MR) is 95.9 cm³/mol. The van der Waals surface area contributed by atoms with E-state index in [-0.39, 0.29) is 11.9 Å². The number of aromatic nitrogens is 2. The number of nitrogens with one attached hydrogen (secondary N) is 2. The third-order valence-electron chi connectivity index (χ3n) is 4.36. The van der Waals surface area contributed by atoms with E-state index in [9.17, 15) is 4.79 Å². The van der Waals surface area contributed by atoms with Crippen LogP contribution in [0.25, 0.3) is 21.7 Å². The Labute approximate surface area is 139 Å². The number of hydrogen-bond donors (Lipinski definition) is 2. The molecule has 1 atom stereocenters. The number of H-pyrrole nitrogens is 1. The monoisotopic (exact) mass is 315 g/mol. The van der Waals surface area contributed by atoms with Crippen molar-refractivity contribution in [3.63, 3.8) is 0 Å². The average Bonchev–Trinajstić information content (AvgIpc) is 3.09. The van der Waals surface area contributed by atoms with Crippen LogP contribution in [0.4, 0.5) is 0 Å². The molecule has 1 aromatic heterocycles. The fourth-order valence-electron chi connectivity index (χ4n) is 3.14. The van der Waals surface area contributed by atoms with Crippen molar-refractivity contribution in [1.82, 2.24) is 15.5 Å². The SMILES string of the molecule is CC(NC(=O)c1cccc2cn[nH]c12)c1cccc2ccccc12. The molecule has 4 nitrogen and oxygen atoms in total. The lowest BCUT2D eigenvalue weighted by molar-refractivity contribution is 0.0941. The van der Waals surface area contributed by atoms with Gasteiger partial charge in [0.15, 0.2) is 0 Å². The Balaban J connectivity index is 1.67. The zero-order chi connectivity index (χ0) is 16.5. The molecule has 1 amide bonds. The van der Waals surface area contributed by atoms with Crippen LogP contribution in [0.3, 0.4) is 0 Å². The lowest BCUT2D eigenvalue weighted by atomic mass is 9.99. The third kappa shape index (κ3) is 2.42. The number of benzene rings is 3. The number of nitrogens with zero attached hydrogens (tertiary/aromatic N) is 1. The van der Waals surface area contributed by atoms with Crippen molar-refractivity contribution in [1.29, 1.82) is 0 Å². The highest BCUT2D eigenvalue weighted by molar-refractivity contribution is 6.05. The minimum atomic E-state index is -0.106. The molecule has 118 valence electrons. The molecule has 0 radical (unpaired) electrons. The van der Waals surface area contributed by atoms with Crippen LogP contribution < -0.4 is 5.32 Å². The highest BCUT2D eigenvalue weighted by Crippen LogP contribution is 2.25. The van der Waals surface area contributed by atoms with Gasteiger partial charge in [0, 0.05) is 5.39 Å². The van der Waals surface area contributed by atoms with E-state index in [1.807, 2.05) is 43.3 Å². The third-order valence-corrected chi connectivity index (χ3v) is 4.36. The summed E-state index contributed by atoms with van der Waals surface area (Å²) in [6, 6.07) is 19.9. The fraction of sp³-hybridized carbons (Fsp3) is 0.100. The van der Waals surface area contributed by atoms with Crippen molar-refractivity contribution in [2.75, 3.05) is 0 Å². The molecule has 0 saturated carbocycles. The van der Waals surface area contributed by atoms with Gasteiger partial charge in [0.1, 0.15) is 0 Å². The van der Waals surface area contributed by atoms with Crippen LogP contribution in [0.5, 0.6) is 0 Å². The topological polar surface area (TPSA) is 57.8 Å². The van der Waals surface area contributed by atoms with Gasteiger partial charge in [-0.2, -0.15) is 5.10 Å². The maximum Gasteiger partial charge on any atom is 0.253 e. The molecular weight excluding hydrogens is 298 g/mol. The Bertz CT molecular complexity index is 1030. The first kappa shape index (κ1) is 14.5. The minimum absolute atomic E-state index is 0.0956. The van der Waals surface area contributed by atoms with Gasteiger partial charge in [-0.25, -0.2) is 0 Å². The number of aromatic amines is 1. The Kier molecular flexibility index (Phi) is 3.50. The minimum Gasteiger partial charge on any atom is -0.345 e. The first-order valence-corrected chi connectivity index (χ1v) is 7.94. The average molecular weight is 315 g/mol. The quantitative estimate of drug-likeness (QED) is 0.595. The van der Waals surface area contributed by atoms with E-state index in [2.05, 4.69) is 39.8 Å². The van der Waals surface area contributed by atoms with Crippen LogP contribution in [0.1, 0.15) is 28.9 Å². The summed E-state index contributed by atoms with van der Waals surface area (Å²) >= 11 is 0. The van der Waals surface area contributed by atoms with Crippen molar-refractivity contribution in [3.05, 3.63) is 78.0 Å². The Hall–Kier alpha value is -3.14. The first-order chi connectivity index (χ1) is 11.7. The molecule has 0 saturated heterocycles. The van der Waals surface area contributed by atoms with Crippen LogP contribution in [0.15, 0.2) is 66.9 Å². The van der Waals surface area contributed by atoms with Gasteiger partial charge in [-0.3, -0.25) is 9.89 Å². The standard InChI is InChI=1S/C20H17N3O/c1-13(16-10-4-7-14-6-2-3-9-17(14)16)22-20(24)18-11-5-8-15-12-21-23-19(15)18/h2-13H,1H3,(H,21,23)(H,22,24).